The van der Waals surface area contributed by atoms with E-state index < -0.39 is 11.8 Å². The number of nitrogens with zero attached hydrogens (tertiary/aromatic N) is 3. The van der Waals surface area contributed by atoms with Crippen molar-refractivity contribution >= 4 is 41.2 Å². The maximum Gasteiger partial charge on any atom is 0.254 e. The molecule has 0 aliphatic heterocycles. The van der Waals surface area contributed by atoms with Crippen LogP contribution in [0.3, 0.4) is 0 Å². The Morgan fingerprint density at radius 1 is 1.33 bits per heavy atom. The molecule has 0 saturated carbocycles. The first-order valence-corrected chi connectivity index (χ1v) is 10.1. The second kappa shape index (κ2) is 10.4. The van der Waals surface area contributed by atoms with Crippen molar-refractivity contribution in [2.45, 2.75) is 32.9 Å². The molecule has 0 spiro atoms. The molecule has 1 heterocycles. The molecule has 0 atom stereocenters. The van der Waals surface area contributed by atoms with Gasteiger partial charge < -0.3 is 16.4 Å². The average Bonchev–Trinajstić information content (AvgIpc) is 3.15. The van der Waals surface area contributed by atoms with Gasteiger partial charge in [-0.2, -0.15) is 0 Å². The van der Waals surface area contributed by atoms with E-state index in [0.717, 1.165) is 23.0 Å². The maximum atomic E-state index is 12.2. The van der Waals surface area contributed by atoms with Crippen LogP contribution < -0.4 is 16.4 Å². The van der Waals surface area contributed by atoms with E-state index in [9.17, 15) is 9.59 Å². The Morgan fingerprint density at radius 2 is 2.10 bits per heavy atom. The van der Waals surface area contributed by atoms with Crippen LogP contribution in [0.2, 0.25) is 0 Å². The van der Waals surface area contributed by atoms with Crippen LogP contribution in [0.15, 0.2) is 51.4 Å². The lowest BCUT2D eigenvalue weighted by Crippen LogP contribution is -2.34. The molecule has 9 heteroatoms. The van der Waals surface area contributed by atoms with E-state index in [1.165, 1.54) is 17.6 Å². The van der Waals surface area contributed by atoms with Crippen molar-refractivity contribution in [1.29, 1.82) is 0 Å². The molecule has 0 aliphatic rings. The van der Waals surface area contributed by atoms with Gasteiger partial charge in [-0.05, 0) is 39.1 Å². The molecule has 4 N–H and O–H groups in total. The molecule has 30 heavy (non-hydrogen) atoms. The molecule has 2 rings (SSSR count). The minimum Gasteiger partial charge on any atom is -0.404 e. The van der Waals surface area contributed by atoms with Crippen molar-refractivity contribution in [2.24, 2.45) is 15.7 Å². The summed E-state index contributed by atoms with van der Waals surface area (Å²) in [6.07, 6.45) is 2.56. The standard InChI is InChI=1S/C21H26N6O2S/c1-21(2,3)25-11-16(9-22)19(29)24-12-18(28)27-20-26-17(13-30-20)15-7-5-6-14(8-15)10-23-4/h5-9,11,13H,4,10,12,22H2,1-3H3,(H,24,29)(H,26,27,28). The zero-order valence-corrected chi connectivity index (χ0v) is 18.1. The molecular formula is C21H26N6O2S. The van der Waals surface area contributed by atoms with Crippen LogP contribution in [0.5, 0.6) is 0 Å². The van der Waals surface area contributed by atoms with E-state index in [4.69, 9.17) is 5.73 Å². The lowest BCUT2D eigenvalue weighted by atomic mass is 10.1. The predicted molar refractivity (Wildman–Crippen MR) is 123 cm³/mol. The lowest BCUT2D eigenvalue weighted by molar-refractivity contribution is -0.121. The molecule has 1 aromatic carbocycles. The number of anilines is 1. The molecule has 0 aliphatic carbocycles. The molecule has 0 fully saturated rings. The van der Waals surface area contributed by atoms with Crippen molar-refractivity contribution < 1.29 is 9.59 Å². The molecule has 1 aromatic heterocycles. The number of aromatic nitrogens is 1. The minimum atomic E-state index is -0.479. The number of aliphatic imine (C=N–C) groups is 2. The number of hydrogen-bond donors (Lipinski definition) is 3. The molecule has 2 aromatic rings. The Bertz CT molecular complexity index is 972. The van der Waals surface area contributed by atoms with Crippen LogP contribution >= 0.6 is 11.3 Å². The summed E-state index contributed by atoms with van der Waals surface area (Å²) in [6, 6.07) is 7.81. The molecular weight excluding hydrogens is 400 g/mol. The summed E-state index contributed by atoms with van der Waals surface area (Å²) in [5, 5.41) is 7.50. The number of carbonyl (C=O) groups is 2. The van der Waals surface area contributed by atoms with Gasteiger partial charge in [0.05, 0.1) is 29.9 Å². The van der Waals surface area contributed by atoms with Crippen LogP contribution in [0, 0.1) is 0 Å². The first-order chi connectivity index (χ1) is 14.2. The third-order valence-electron chi connectivity index (χ3n) is 3.71. The van der Waals surface area contributed by atoms with Crippen LogP contribution in [0.25, 0.3) is 11.3 Å². The zero-order chi connectivity index (χ0) is 22.1. The number of carbonyl (C=O) groups excluding carboxylic acids is 2. The Morgan fingerprint density at radius 3 is 2.77 bits per heavy atom. The highest BCUT2D eigenvalue weighted by atomic mass is 32.1. The zero-order valence-electron chi connectivity index (χ0n) is 17.3. The Hall–Kier alpha value is -3.33. The fourth-order valence-electron chi connectivity index (χ4n) is 2.29. The predicted octanol–water partition coefficient (Wildman–Crippen LogP) is 2.78. The second-order valence-corrected chi connectivity index (χ2v) is 8.26. The van der Waals surface area contributed by atoms with Crippen molar-refractivity contribution in [3.63, 3.8) is 0 Å². The molecule has 0 radical (unpaired) electrons. The highest BCUT2D eigenvalue weighted by Gasteiger charge is 2.13. The molecule has 0 bridgehead atoms. The van der Waals surface area contributed by atoms with Gasteiger partial charge >= 0.3 is 0 Å². The summed E-state index contributed by atoms with van der Waals surface area (Å²) in [7, 11) is 0. The number of rotatable bonds is 8. The molecule has 8 nitrogen and oxygen atoms in total. The van der Waals surface area contributed by atoms with E-state index in [-0.39, 0.29) is 17.7 Å². The van der Waals surface area contributed by atoms with Gasteiger partial charge in [0.1, 0.15) is 0 Å². The van der Waals surface area contributed by atoms with Crippen LogP contribution in [-0.4, -0.2) is 41.8 Å². The summed E-state index contributed by atoms with van der Waals surface area (Å²) in [6.45, 7) is 9.52. The second-order valence-electron chi connectivity index (χ2n) is 7.40. The quantitative estimate of drug-likeness (QED) is 0.444. The highest BCUT2D eigenvalue weighted by molar-refractivity contribution is 7.14. The van der Waals surface area contributed by atoms with E-state index in [2.05, 4.69) is 32.3 Å². The molecule has 0 unspecified atom stereocenters. The Kier molecular flexibility index (Phi) is 7.99. The van der Waals surface area contributed by atoms with E-state index in [1.54, 1.807) is 0 Å². The van der Waals surface area contributed by atoms with Gasteiger partial charge in [-0.3, -0.25) is 19.6 Å². The van der Waals surface area contributed by atoms with Gasteiger partial charge in [-0.15, -0.1) is 11.3 Å². The number of nitrogens with one attached hydrogen (secondary N) is 2. The van der Waals surface area contributed by atoms with Gasteiger partial charge in [-0.1, -0.05) is 18.2 Å². The monoisotopic (exact) mass is 426 g/mol. The highest BCUT2D eigenvalue weighted by Crippen LogP contribution is 2.25. The third kappa shape index (κ3) is 7.25. The number of hydrogen-bond acceptors (Lipinski definition) is 7. The van der Waals surface area contributed by atoms with Crippen molar-refractivity contribution in [2.75, 3.05) is 11.9 Å². The fraction of sp³-hybridized carbons (Fsp3) is 0.286. The topological polar surface area (TPSA) is 122 Å². The molecule has 0 saturated heterocycles. The van der Waals surface area contributed by atoms with Crippen LogP contribution in [-0.2, 0) is 16.1 Å². The summed E-state index contributed by atoms with van der Waals surface area (Å²) in [5.74, 6) is -0.869. The summed E-state index contributed by atoms with van der Waals surface area (Å²) in [5.41, 5.74) is 8.04. The molecule has 158 valence electrons. The lowest BCUT2D eigenvalue weighted by Gasteiger charge is -2.11. The van der Waals surface area contributed by atoms with Crippen molar-refractivity contribution in [3.05, 3.63) is 47.0 Å². The maximum absolute atomic E-state index is 12.2. The molecule has 2 amide bonds. The van der Waals surface area contributed by atoms with Crippen LogP contribution in [0.4, 0.5) is 5.13 Å². The number of nitrogens with two attached hydrogens (primary N) is 1. The summed E-state index contributed by atoms with van der Waals surface area (Å²) >= 11 is 1.30. The SMILES string of the molecule is C=NCc1cccc(-c2csc(NC(=O)CNC(=O)C(C=NC(C)(C)C)=CN)n2)c1. The van der Waals surface area contributed by atoms with Crippen LogP contribution in [0.1, 0.15) is 26.3 Å². The van der Waals surface area contributed by atoms with E-state index in [0.29, 0.717) is 11.7 Å². The number of benzene rings is 1. The third-order valence-corrected chi connectivity index (χ3v) is 4.47. The van der Waals surface area contributed by atoms with Gasteiger partial charge in [0, 0.05) is 23.4 Å². The van der Waals surface area contributed by atoms with Gasteiger partial charge in [-0.25, -0.2) is 4.98 Å². The minimum absolute atomic E-state index is 0.183. The summed E-state index contributed by atoms with van der Waals surface area (Å²) in [4.78, 5) is 36.9. The largest absolute Gasteiger partial charge is 0.404 e. The number of amides is 2. The Labute approximate surface area is 180 Å². The fourth-order valence-corrected chi connectivity index (χ4v) is 3.02. The van der Waals surface area contributed by atoms with E-state index >= 15 is 0 Å². The first-order valence-electron chi connectivity index (χ1n) is 9.24. The van der Waals surface area contributed by atoms with E-state index in [1.807, 2.05) is 50.4 Å². The summed E-state index contributed by atoms with van der Waals surface area (Å²) < 4.78 is 0. The average molecular weight is 427 g/mol. The number of thiazole rings is 1. The first kappa shape index (κ1) is 23.0. The van der Waals surface area contributed by atoms with Crippen molar-refractivity contribution in [1.82, 2.24) is 10.3 Å². The van der Waals surface area contributed by atoms with Gasteiger partial charge in [0.2, 0.25) is 5.91 Å². The van der Waals surface area contributed by atoms with Gasteiger partial charge in [0.15, 0.2) is 5.13 Å². The smallest absolute Gasteiger partial charge is 0.254 e. The van der Waals surface area contributed by atoms with Crippen molar-refractivity contribution in [3.8, 4) is 11.3 Å². The van der Waals surface area contributed by atoms with Gasteiger partial charge in [0.25, 0.3) is 5.91 Å². The Balaban J connectivity index is 1.93. The normalized spacial score (nSPS) is 12.0.